The number of aromatic nitrogens is 3. The van der Waals surface area contributed by atoms with E-state index in [1.54, 1.807) is 12.3 Å². The molecule has 0 saturated carbocycles. The molecule has 0 bridgehead atoms. The third-order valence-electron chi connectivity index (χ3n) is 2.48. The minimum Gasteiger partial charge on any atom is -0.369 e. The molecule has 2 rings (SSSR count). The largest absolute Gasteiger partial charge is 0.369 e. The molecule has 6 nitrogen and oxygen atoms in total. The van der Waals surface area contributed by atoms with Gasteiger partial charge in [0.25, 0.3) is 0 Å². The summed E-state index contributed by atoms with van der Waals surface area (Å²) in [5.41, 5.74) is 2.42. The van der Waals surface area contributed by atoms with Gasteiger partial charge in [0.2, 0.25) is 0 Å². The van der Waals surface area contributed by atoms with Crippen molar-refractivity contribution < 1.29 is 0 Å². The predicted octanol–water partition coefficient (Wildman–Crippen LogP) is 2.37. The molecule has 0 amide bonds. The molecule has 0 aliphatic rings. The van der Waals surface area contributed by atoms with Gasteiger partial charge in [-0.1, -0.05) is 23.2 Å². The zero-order valence-electron chi connectivity index (χ0n) is 10.1. The van der Waals surface area contributed by atoms with E-state index in [-0.39, 0.29) is 0 Å². The Balaban J connectivity index is 1.88. The zero-order chi connectivity index (χ0) is 13.7. The first-order valence-electron chi connectivity index (χ1n) is 5.74. The second-order valence-electron chi connectivity index (χ2n) is 3.84. The monoisotopic (exact) mass is 300 g/mol. The van der Waals surface area contributed by atoms with Gasteiger partial charge in [0, 0.05) is 25.5 Å². The molecule has 0 unspecified atom stereocenters. The summed E-state index contributed by atoms with van der Waals surface area (Å²) >= 11 is 11.9. The van der Waals surface area contributed by atoms with Gasteiger partial charge < -0.3 is 10.7 Å². The van der Waals surface area contributed by atoms with Crippen LogP contribution in [-0.2, 0) is 6.54 Å². The fourth-order valence-electron chi connectivity index (χ4n) is 1.57. The molecule has 0 atom stereocenters. The maximum absolute atomic E-state index is 6.04. The van der Waals surface area contributed by atoms with Crippen LogP contribution in [0.25, 0.3) is 0 Å². The van der Waals surface area contributed by atoms with Crippen LogP contribution in [0, 0.1) is 0 Å². The van der Waals surface area contributed by atoms with Gasteiger partial charge in [0.15, 0.2) is 5.82 Å². The van der Waals surface area contributed by atoms with Crippen molar-refractivity contribution in [2.24, 2.45) is 5.84 Å². The van der Waals surface area contributed by atoms with Crippen LogP contribution in [0.4, 0.5) is 11.6 Å². The molecule has 2 aromatic heterocycles. The van der Waals surface area contributed by atoms with Gasteiger partial charge in [0.05, 0.1) is 10.0 Å². The summed E-state index contributed by atoms with van der Waals surface area (Å²) in [6, 6.07) is 3.49. The zero-order valence-corrected chi connectivity index (χ0v) is 11.6. The van der Waals surface area contributed by atoms with Crippen LogP contribution in [0.5, 0.6) is 0 Å². The Labute approximate surface area is 120 Å². The lowest BCUT2D eigenvalue weighted by atomic mass is 10.4. The van der Waals surface area contributed by atoms with Crippen molar-refractivity contribution in [3.05, 3.63) is 34.6 Å². The number of nitrogens with two attached hydrogens (primary N) is 1. The van der Waals surface area contributed by atoms with Gasteiger partial charge in [-0.25, -0.2) is 10.8 Å². The first kappa shape index (κ1) is 13.9. The van der Waals surface area contributed by atoms with Crippen molar-refractivity contribution in [2.75, 3.05) is 17.3 Å². The number of halogens is 2. The number of anilines is 2. The van der Waals surface area contributed by atoms with Crippen LogP contribution >= 0.6 is 23.2 Å². The van der Waals surface area contributed by atoms with Gasteiger partial charge in [-0.05, 0) is 18.6 Å². The summed E-state index contributed by atoms with van der Waals surface area (Å²) in [5.74, 6) is 6.25. The summed E-state index contributed by atoms with van der Waals surface area (Å²) in [4.78, 5) is 4.19. The van der Waals surface area contributed by atoms with E-state index in [0.717, 1.165) is 19.5 Å². The van der Waals surface area contributed by atoms with Crippen molar-refractivity contribution in [2.45, 2.75) is 13.0 Å². The molecule has 2 aromatic rings. The summed E-state index contributed by atoms with van der Waals surface area (Å²) < 4.78 is 1.87. The molecular weight excluding hydrogens is 287 g/mol. The minimum atomic E-state index is 0.384. The highest BCUT2D eigenvalue weighted by Crippen LogP contribution is 2.28. The maximum Gasteiger partial charge on any atom is 0.161 e. The Morgan fingerprint density at radius 2 is 2.05 bits per heavy atom. The molecule has 0 aliphatic heterocycles. The van der Waals surface area contributed by atoms with Gasteiger partial charge >= 0.3 is 0 Å². The number of hydrazine groups is 1. The second-order valence-corrected chi connectivity index (χ2v) is 4.66. The molecule has 0 saturated heterocycles. The third-order valence-corrected chi connectivity index (χ3v) is 3.06. The fraction of sp³-hybridized carbons (Fsp3) is 0.273. The van der Waals surface area contributed by atoms with E-state index < -0.39 is 0 Å². The number of rotatable bonds is 6. The van der Waals surface area contributed by atoms with Crippen LogP contribution in [0.1, 0.15) is 6.42 Å². The molecule has 0 spiro atoms. The molecule has 0 aliphatic carbocycles. The Morgan fingerprint density at radius 3 is 2.74 bits per heavy atom. The molecular formula is C11H14Cl2N6. The SMILES string of the molecule is NNc1nc(NCCCn2cccn2)c(Cl)cc1Cl. The van der Waals surface area contributed by atoms with E-state index in [9.17, 15) is 0 Å². The Morgan fingerprint density at radius 1 is 1.26 bits per heavy atom. The van der Waals surface area contributed by atoms with Crippen LogP contribution in [0.2, 0.25) is 10.0 Å². The van der Waals surface area contributed by atoms with Crippen LogP contribution in [-0.4, -0.2) is 21.3 Å². The number of aryl methyl sites for hydroxylation is 1. The van der Waals surface area contributed by atoms with E-state index >= 15 is 0 Å². The molecule has 0 fully saturated rings. The summed E-state index contributed by atoms with van der Waals surface area (Å²) in [5, 5.41) is 8.10. The van der Waals surface area contributed by atoms with Crippen molar-refractivity contribution in [3.8, 4) is 0 Å². The van der Waals surface area contributed by atoms with Crippen molar-refractivity contribution in [1.82, 2.24) is 14.8 Å². The standard InChI is InChI=1S/C11H14Cl2N6/c12-8-7-9(13)11(18-14)17-10(8)15-3-1-5-19-6-2-4-16-19/h2,4,6-7H,1,3,5,14H2,(H2,15,17,18). The van der Waals surface area contributed by atoms with Gasteiger partial charge in [-0.15, -0.1) is 0 Å². The number of nitrogen functional groups attached to an aromatic ring is 1. The number of nitrogens with zero attached hydrogens (tertiary/aromatic N) is 3. The third kappa shape index (κ3) is 3.73. The molecule has 102 valence electrons. The van der Waals surface area contributed by atoms with Crippen LogP contribution in [0.15, 0.2) is 24.5 Å². The highest BCUT2D eigenvalue weighted by Gasteiger charge is 2.07. The lowest BCUT2D eigenvalue weighted by Gasteiger charge is -2.10. The van der Waals surface area contributed by atoms with Crippen molar-refractivity contribution >= 4 is 34.8 Å². The first-order valence-corrected chi connectivity index (χ1v) is 6.50. The van der Waals surface area contributed by atoms with E-state index in [4.69, 9.17) is 29.0 Å². The number of nitrogens with one attached hydrogen (secondary N) is 2. The van der Waals surface area contributed by atoms with Crippen LogP contribution in [0.3, 0.4) is 0 Å². The maximum atomic E-state index is 6.04. The van der Waals surface area contributed by atoms with Crippen LogP contribution < -0.4 is 16.6 Å². The number of hydrogen-bond donors (Lipinski definition) is 3. The highest BCUT2D eigenvalue weighted by molar-refractivity contribution is 6.37. The molecule has 4 N–H and O–H groups in total. The molecule has 19 heavy (non-hydrogen) atoms. The van der Waals surface area contributed by atoms with Crippen molar-refractivity contribution in [3.63, 3.8) is 0 Å². The second kappa shape index (κ2) is 6.60. The van der Waals surface area contributed by atoms with Gasteiger partial charge in [-0.2, -0.15) is 5.10 Å². The Kier molecular flexibility index (Phi) is 4.84. The molecule has 0 aromatic carbocycles. The van der Waals surface area contributed by atoms with E-state index in [2.05, 4.69) is 20.8 Å². The number of pyridine rings is 1. The lowest BCUT2D eigenvalue weighted by molar-refractivity contribution is 0.591. The fourth-order valence-corrected chi connectivity index (χ4v) is 2.05. The van der Waals surface area contributed by atoms with Crippen molar-refractivity contribution in [1.29, 1.82) is 0 Å². The van der Waals surface area contributed by atoms with E-state index in [0.29, 0.717) is 21.7 Å². The summed E-state index contributed by atoms with van der Waals surface area (Å²) in [7, 11) is 0. The molecule has 0 radical (unpaired) electrons. The quantitative estimate of drug-likeness (QED) is 0.433. The molecule has 8 heteroatoms. The Bertz CT molecular complexity index is 528. The lowest BCUT2D eigenvalue weighted by Crippen LogP contribution is -2.12. The average Bonchev–Trinajstić information content (AvgIpc) is 2.90. The summed E-state index contributed by atoms with van der Waals surface area (Å²) in [6.45, 7) is 1.55. The predicted molar refractivity (Wildman–Crippen MR) is 77.4 cm³/mol. The van der Waals surface area contributed by atoms with Gasteiger partial charge in [-0.3, -0.25) is 4.68 Å². The Hall–Kier alpha value is -1.50. The minimum absolute atomic E-state index is 0.384. The smallest absolute Gasteiger partial charge is 0.161 e. The van der Waals surface area contributed by atoms with E-state index in [1.807, 2.05) is 16.9 Å². The normalized spacial score (nSPS) is 10.5. The summed E-state index contributed by atoms with van der Waals surface area (Å²) in [6.07, 6.45) is 4.57. The number of hydrogen-bond acceptors (Lipinski definition) is 5. The average molecular weight is 301 g/mol. The molecule has 2 heterocycles. The van der Waals surface area contributed by atoms with Gasteiger partial charge in [0.1, 0.15) is 5.82 Å². The van der Waals surface area contributed by atoms with E-state index in [1.165, 1.54) is 0 Å². The first-order chi connectivity index (χ1) is 9.20. The highest BCUT2D eigenvalue weighted by atomic mass is 35.5. The topological polar surface area (TPSA) is 80.8 Å².